The van der Waals surface area contributed by atoms with Gasteiger partial charge in [0.2, 0.25) is 5.13 Å². The first-order chi connectivity index (χ1) is 17.2. The summed E-state index contributed by atoms with van der Waals surface area (Å²) in [4.78, 5) is 16.3. The number of nitrogens with zero attached hydrogens (tertiary/aromatic N) is 4. The molecule has 1 amide bonds. The Kier molecular flexibility index (Phi) is 6.84. The Bertz CT molecular complexity index is 1100. The second-order valence-corrected chi connectivity index (χ2v) is 11.4. The molecule has 36 heavy (non-hydrogen) atoms. The molecule has 0 bridgehead atoms. The van der Waals surface area contributed by atoms with Gasteiger partial charge in [-0.2, -0.15) is 0 Å². The number of amides is 1. The number of rotatable bonds is 9. The van der Waals surface area contributed by atoms with Crippen LogP contribution in [0.2, 0.25) is 0 Å². The number of ether oxygens (including phenoxy) is 2. The number of carbonyl (C=O) groups excluding carboxylic acids is 1. The maximum Gasteiger partial charge on any atom is 0.253 e. The Balaban J connectivity index is 1.31. The standard InChI is InChI=1S/C25H34N4O6S/c1-14(31)25(2)13-29(23(33)19(32)12-30)11-18(25)16-6-7-20(34-3)21(8-16)35-17-9-28(10-17)24-27-26-22(36-24)15-4-5-15/h6-8,14-15,17-19,30-32H,4-5,9-13H2,1-3H3/t14?,18-,19?,25-/m0/s1. The fourth-order valence-corrected chi connectivity index (χ4v) is 6.11. The zero-order valence-electron chi connectivity index (χ0n) is 20.8. The summed E-state index contributed by atoms with van der Waals surface area (Å²) in [5.74, 6) is 1.10. The summed E-state index contributed by atoms with van der Waals surface area (Å²) in [6.45, 7) is 5.04. The number of aliphatic hydroxyl groups excluding tert-OH is 3. The Labute approximate surface area is 214 Å². The molecule has 2 saturated heterocycles. The zero-order chi connectivity index (χ0) is 25.6. The highest BCUT2D eigenvalue weighted by molar-refractivity contribution is 7.15. The van der Waals surface area contributed by atoms with Crippen LogP contribution in [-0.2, 0) is 4.79 Å². The minimum absolute atomic E-state index is 0.0214. The van der Waals surface area contributed by atoms with Crippen LogP contribution >= 0.6 is 11.3 Å². The number of aliphatic hydroxyl groups is 3. The maximum atomic E-state index is 12.6. The van der Waals surface area contributed by atoms with E-state index >= 15 is 0 Å². The monoisotopic (exact) mass is 518 g/mol. The van der Waals surface area contributed by atoms with Gasteiger partial charge in [-0.05, 0) is 37.5 Å². The first-order valence-electron chi connectivity index (χ1n) is 12.4. The van der Waals surface area contributed by atoms with Gasteiger partial charge >= 0.3 is 0 Å². The van der Waals surface area contributed by atoms with Crippen molar-refractivity contribution in [2.75, 3.05) is 44.8 Å². The number of methoxy groups -OCH3 is 1. The van der Waals surface area contributed by atoms with Gasteiger partial charge in [-0.15, -0.1) is 10.2 Å². The lowest BCUT2D eigenvalue weighted by molar-refractivity contribution is -0.141. The van der Waals surface area contributed by atoms with E-state index in [0.717, 1.165) is 15.7 Å². The van der Waals surface area contributed by atoms with Gasteiger partial charge in [0.05, 0.1) is 32.9 Å². The molecule has 2 unspecified atom stereocenters. The highest BCUT2D eigenvalue weighted by Crippen LogP contribution is 2.47. The van der Waals surface area contributed by atoms with Gasteiger partial charge in [-0.1, -0.05) is 24.3 Å². The number of carbonyl (C=O) groups is 1. The van der Waals surface area contributed by atoms with Crippen molar-refractivity contribution in [3.05, 3.63) is 28.8 Å². The van der Waals surface area contributed by atoms with E-state index in [1.165, 1.54) is 17.7 Å². The average Bonchev–Trinajstić information content (AvgIpc) is 3.47. The summed E-state index contributed by atoms with van der Waals surface area (Å²) in [5, 5.41) is 40.5. The Morgan fingerprint density at radius 1 is 1.22 bits per heavy atom. The molecule has 196 valence electrons. The van der Waals surface area contributed by atoms with Crippen LogP contribution in [0, 0.1) is 5.41 Å². The van der Waals surface area contributed by atoms with Crippen LogP contribution in [0.15, 0.2) is 18.2 Å². The van der Waals surface area contributed by atoms with Crippen molar-refractivity contribution >= 4 is 22.4 Å². The molecule has 1 aliphatic carbocycles. The van der Waals surface area contributed by atoms with Crippen molar-refractivity contribution in [3.63, 3.8) is 0 Å². The Hall–Kier alpha value is -2.47. The van der Waals surface area contributed by atoms with Crippen LogP contribution in [0.5, 0.6) is 11.5 Å². The molecule has 3 aliphatic rings. The smallest absolute Gasteiger partial charge is 0.253 e. The third-order valence-electron chi connectivity index (χ3n) is 7.81. The predicted octanol–water partition coefficient (Wildman–Crippen LogP) is 1.36. The highest BCUT2D eigenvalue weighted by Gasteiger charge is 2.49. The molecular formula is C25H34N4O6S. The van der Waals surface area contributed by atoms with Gasteiger partial charge in [-0.25, -0.2) is 0 Å². The molecule has 2 aromatic rings. The minimum Gasteiger partial charge on any atom is -0.493 e. The van der Waals surface area contributed by atoms with Crippen LogP contribution in [0.1, 0.15) is 49.1 Å². The van der Waals surface area contributed by atoms with Crippen molar-refractivity contribution in [2.24, 2.45) is 5.41 Å². The number of benzene rings is 1. The van der Waals surface area contributed by atoms with Crippen molar-refractivity contribution in [1.29, 1.82) is 0 Å². The molecular weight excluding hydrogens is 484 g/mol. The number of aromatic nitrogens is 2. The molecule has 11 heteroatoms. The number of anilines is 1. The van der Waals surface area contributed by atoms with Crippen LogP contribution in [0.3, 0.4) is 0 Å². The van der Waals surface area contributed by atoms with Gasteiger partial charge in [0.1, 0.15) is 11.1 Å². The largest absolute Gasteiger partial charge is 0.493 e. The molecule has 10 nitrogen and oxygen atoms in total. The summed E-state index contributed by atoms with van der Waals surface area (Å²) in [7, 11) is 1.60. The van der Waals surface area contributed by atoms with Crippen LogP contribution in [-0.4, -0.2) is 94.5 Å². The topological polar surface area (TPSA) is 128 Å². The quantitative estimate of drug-likeness (QED) is 0.451. The van der Waals surface area contributed by atoms with Crippen LogP contribution < -0.4 is 14.4 Å². The van der Waals surface area contributed by atoms with Crippen LogP contribution in [0.25, 0.3) is 0 Å². The van der Waals surface area contributed by atoms with Gasteiger partial charge < -0.3 is 34.6 Å². The summed E-state index contributed by atoms with van der Waals surface area (Å²) in [6, 6.07) is 5.71. The van der Waals surface area contributed by atoms with Gasteiger partial charge in [-0.3, -0.25) is 4.79 Å². The molecule has 1 aromatic heterocycles. The molecule has 4 atom stereocenters. The molecule has 3 N–H and O–H groups in total. The van der Waals surface area contributed by atoms with E-state index in [0.29, 0.717) is 37.1 Å². The maximum absolute atomic E-state index is 12.6. The Morgan fingerprint density at radius 2 is 1.97 bits per heavy atom. The van der Waals surface area contributed by atoms with Gasteiger partial charge in [0.25, 0.3) is 5.91 Å². The van der Waals surface area contributed by atoms with Crippen molar-refractivity contribution < 1.29 is 29.6 Å². The third kappa shape index (κ3) is 4.65. The van der Waals surface area contributed by atoms with E-state index in [1.807, 2.05) is 25.1 Å². The van der Waals surface area contributed by atoms with E-state index in [2.05, 4.69) is 15.1 Å². The number of hydrogen-bond donors (Lipinski definition) is 3. The summed E-state index contributed by atoms with van der Waals surface area (Å²) < 4.78 is 11.9. The first kappa shape index (κ1) is 25.2. The van der Waals surface area contributed by atoms with Gasteiger partial charge in [0.15, 0.2) is 17.6 Å². The normalized spacial score (nSPS) is 26.0. The molecule has 2 aliphatic heterocycles. The summed E-state index contributed by atoms with van der Waals surface area (Å²) in [6.07, 6.45) is 0.225. The fourth-order valence-electron chi connectivity index (χ4n) is 5.08. The van der Waals surface area contributed by atoms with Crippen molar-refractivity contribution in [1.82, 2.24) is 15.1 Å². The predicted molar refractivity (Wildman–Crippen MR) is 134 cm³/mol. The average molecular weight is 519 g/mol. The third-order valence-corrected chi connectivity index (χ3v) is 8.96. The van der Waals surface area contributed by atoms with Gasteiger partial charge in [0, 0.05) is 30.3 Å². The molecule has 5 rings (SSSR count). The Morgan fingerprint density at radius 3 is 2.61 bits per heavy atom. The number of hydrogen-bond acceptors (Lipinski definition) is 10. The van der Waals surface area contributed by atoms with E-state index in [1.54, 1.807) is 25.4 Å². The lowest BCUT2D eigenvalue weighted by Gasteiger charge is -2.39. The highest BCUT2D eigenvalue weighted by atomic mass is 32.1. The first-order valence-corrected chi connectivity index (χ1v) is 13.2. The number of likely N-dealkylation sites (tertiary alicyclic amines) is 1. The van der Waals surface area contributed by atoms with E-state index < -0.39 is 30.1 Å². The zero-order valence-corrected chi connectivity index (χ0v) is 21.6. The lowest BCUT2D eigenvalue weighted by atomic mass is 9.72. The SMILES string of the molecule is COc1ccc([C@@H]2CN(C(=O)C(O)CO)C[C@@]2(C)C(C)O)cc1OC1CN(c2nnc(C3CC3)s2)C1. The minimum atomic E-state index is -1.47. The second-order valence-electron chi connectivity index (χ2n) is 10.4. The summed E-state index contributed by atoms with van der Waals surface area (Å²) >= 11 is 1.67. The molecule has 0 radical (unpaired) electrons. The lowest BCUT2D eigenvalue weighted by Crippen LogP contribution is -2.54. The molecule has 3 heterocycles. The van der Waals surface area contributed by atoms with Crippen molar-refractivity contribution in [3.8, 4) is 11.5 Å². The van der Waals surface area contributed by atoms with E-state index in [4.69, 9.17) is 9.47 Å². The van der Waals surface area contributed by atoms with Crippen molar-refractivity contribution in [2.45, 2.75) is 56.8 Å². The molecule has 1 aromatic carbocycles. The fraction of sp³-hybridized carbons (Fsp3) is 0.640. The van der Waals surface area contributed by atoms with E-state index in [-0.39, 0.29) is 18.6 Å². The molecule has 3 fully saturated rings. The van der Waals surface area contributed by atoms with E-state index in [9.17, 15) is 20.1 Å². The molecule has 0 spiro atoms. The summed E-state index contributed by atoms with van der Waals surface area (Å²) in [5.41, 5.74) is 0.276. The molecule has 1 saturated carbocycles. The second kappa shape index (κ2) is 9.77. The van der Waals surface area contributed by atoms with Crippen LogP contribution in [0.4, 0.5) is 5.13 Å².